The Bertz CT molecular complexity index is 1040. The highest BCUT2D eigenvalue weighted by atomic mass is 35.5. The third-order valence-electron chi connectivity index (χ3n) is 4.32. The minimum atomic E-state index is 0.558. The van der Waals surface area contributed by atoms with Gasteiger partial charge in [-0.3, -0.25) is 4.98 Å². The van der Waals surface area contributed by atoms with Gasteiger partial charge < -0.3 is 4.57 Å². The number of benzene rings is 1. The van der Waals surface area contributed by atoms with E-state index >= 15 is 0 Å². The van der Waals surface area contributed by atoms with Gasteiger partial charge in [-0.05, 0) is 30.2 Å². The quantitative estimate of drug-likeness (QED) is 0.240. The average molecular weight is 445 g/mol. The molecule has 0 radical (unpaired) electrons. The lowest BCUT2D eigenvalue weighted by Gasteiger charge is -2.05. The van der Waals surface area contributed by atoms with Crippen molar-refractivity contribution in [3.05, 3.63) is 57.8 Å². The average Bonchev–Trinajstić information content (AvgIpc) is 3.09. The molecule has 3 rings (SSSR count). The molecule has 0 fully saturated rings. The predicted molar refractivity (Wildman–Crippen MR) is 121 cm³/mol. The number of unbranched alkanes of at least 4 members (excludes halogenated alkanes) is 3. The molecule has 0 spiro atoms. The number of hydrogen-bond donors (Lipinski definition) is 0. The van der Waals surface area contributed by atoms with Gasteiger partial charge >= 0.3 is 0 Å². The van der Waals surface area contributed by atoms with E-state index in [1.54, 1.807) is 24.2 Å². The summed E-state index contributed by atoms with van der Waals surface area (Å²) in [5, 5.41) is 10.6. The second-order valence-electron chi connectivity index (χ2n) is 6.62. The van der Waals surface area contributed by atoms with E-state index in [1.807, 2.05) is 35.9 Å². The van der Waals surface area contributed by atoms with Crippen LogP contribution in [0, 0.1) is 11.8 Å². The first kappa shape index (κ1) is 21.7. The Morgan fingerprint density at radius 1 is 1.07 bits per heavy atom. The molecule has 0 bridgehead atoms. The zero-order valence-electron chi connectivity index (χ0n) is 16.5. The van der Waals surface area contributed by atoms with E-state index in [0.29, 0.717) is 10.0 Å². The van der Waals surface area contributed by atoms with Gasteiger partial charge in [0.1, 0.15) is 0 Å². The van der Waals surface area contributed by atoms with Crippen LogP contribution in [0.1, 0.15) is 43.7 Å². The van der Waals surface area contributed by atoms with E-state index in [9.17, 15) is 0 Å². The van der Waals surface area contributed by atoms with Gasteiger partial charge in [0.05, 0.1) is 10.0 Å². The Labute approximate surface area is 186 Å². The molecule has 0 aliphatic rings. The molecule has 0 unspecified atom stereocenters. The fourth-order valence-corrected chi connectivity index (χ4v) is 3.90. The van der Waals surface area contributed by atoms with Gasteiger partial charge in [0.2, 0.25) is 0 Å². The minimum Gasteiger partial charge on any atom is -0.305 e. The molecule has 4 nitrogen and oxygen atoms in total. The molecule has 0 atom stereocenters. The molecule has 0 amide bonds. The standard InChI is InChI=1S/C22H22Cl2N4S/c1-3-4-5-6-7-8-16-11-18(14-25-13-16)21-26-27-22(28(21)2)29-15-17-9-10-19(23)20(24)12-17/h9-14H,3-6,15H2,1-2H3. The molecule has 3 aromatic rings. The number of nitrogens with zero attached hydrogens (tertiary/aromatic N) is 4. The van der Waals surface area contributed by atoms with Crippen LogP contribution in [-0.4, -0.2) is 19.7 Å². The first-order valence-electron chi connectivity index (χ1n) is 9.49. The van der Waals surface area contributed by atoms with Gasteiger partial charge in [0.25, 0.3) is 0 Å². The molecule has 0 aliphatic heterocycles. The van der Waals surface area contributed by atoms with Gasteiger partial charge in [-0.2, -0.15) is 0 Å². The number of hydrogen-bond acceptors (Lipinski definition) is 4. The Morgan fingerprint density at radius 3 is 2.72 bits per heavy atom. The molecule has 0 saturated heterocycles. The van der Waals surface area contributed by atoms with Crippen molar-refractivity contribution in [1.82, 2.24) is 19.7 Å². The van der Waals surface area contributed by atoms with Crippen LogP contribution in [0.4, 0.5) is 0 Å². The van der Waals surface area contributed by atoms with E-state index in [0.717, 1.165) is 46.3 Å². The maximum atomic E-state index is 6.09. The summed E-state index contributed by atoms with van der Waals surface area (Å²) in [6.07, 6.45) is 8.05. The molecule has 150 valence electrons. The van der Waals surface area contributed by atoms with Crippen LogP contribution in [0.15, 0.2) is 41.8 Å². The largest absolute Gasteiger partial charge is 0.305 e. The Kier molecular flexibility index (Phi) is 8.00. The molecule has 0 N–H and O–H groups in total. The highest BCUT2D eigenvalue weighted by Gasteiger charge is 2.12. The predicted octanol–water partition coefficient (Wildman–Crippen LogP) is 6.41. The number of rotatable bonds is 7. The molecule has 0 saturated carbocycles. The summed E-state index contributed by atoms with van der Waals surface area (Å²) in [7, 11) is 1.95. The third kappa shape index (κ3) is 5.99. The minimum absolute atomic E-state index is 0.558. The number of aromatic nitrogens is 4. The van der Waals surface area contributed by atoms with Gasteiger partial charge in [0, 0.05) is 42.7 Å². The summed E-state index contributed by atoms with van der Waals surface area (Å²) in [5.74, 6) is 7.92. The highest BCUT2D eigenvalue weighted by molar-refractivity contribution is 7.98. The van der Waals surface area contributed by atoms with Crippen LogP contribution >= 0.6 is 35.0 Å². The lowest BCUT2D eigenvalue weighted by molar-refractivity contribution is 0.737. The van der Waals surface area contributed by atoms with Gasteiger partial charge in [-0.1, -0.05) is 72.6 Å². The SMILES string of the molecule is CCCCCC#Cc1cncc(-c2nnc(SCc3ccc(Cl)c(Cl)c3)n2C)c1. The molecular formula is C22H22Cl2N4S. The molecule has 2 aromatic heterocycles. The van der Waals surface area contributed by atoms with Crippen molar-refractivity contribution in [2.45, 2.75) is 43.5 Å². The number of halogens is 2. The zero-order valence-corrected chi connectivity index (χ0v) is 18.8. The molecule has 29 heavy (non-hydrogen) atoms. The van der Waals surface area contributed by atoms with E-state index in [1.165, 1.54) is 12.8 Å². The summed E-state index contributed by atoms with van der Waals surface area (Å²) in [6.45, 7) is 2.19. The van der Waals surface area contributed by atoms with Crippen LogP contribution in [-0.2, 0) is 12.8 Å². The second kappa shape index (κ2) is 10.7. The van der Waals surface area contributed by atoms with E-state index < -0.39 is 0 Å². The van der Waals surface area contributed by atoms with Crippen LogP contribution < -0.4 is 0 Å². The molecule has 2 heterocycles. The second-order valence-corrected chi connectivity index (χ2v) is 8.38. The summed E-state index contributed by atoms with van der Waals surface area (Å²) in [4.78, 5) is 4.32. The van der Waals surface area contributed by atoms with Crippen molar-refractivity contribution in [3.63, 3.8) is 0 Å². The monoisotopic (exact) mass is 444 g/mol. The maximum absolute atomic E-state index is 6.09. The molecule has 0 aliphatic carbocycles. The lowest BCUT2D eigenvalue weighted by Crippen LogP contribution is -1.96. The lowest BCUT2D eigenvalue weighted by atomic mass is 10.1. The van der Waals surface area contributed by atoms with E-state index in [4.69, 9.17) is 23.2 Å². The first-order valence-corrected chi connectivity index (χ1v) is 11.2. The van der Waals surface area contributed by atoms with Crippen molar-refractivity contribution in [2.75, 3.05) is 0 Å². The van der Waals surface area contributed by atoms with Crippen LogP contribution in [0.5, 0.6) is 0 Å². The zero-order chi connectivity index (χ0) is 20.6. The van der Waals surface area contributed by atoms with E-state index in [2.05, 4.69) is 33.9 Å². The van der Waals surface area contributed by atoms with Gasteiger partial charge in [0.15, 0.2) is 11.0 Å². The van der Waals surface area contributed by atoms with Crippen molar-refractivity contribution < 1.29 is 0 Å². The molecular weight excluding hydrogens is 423 g/mol. The molecule has 7 heteroatoms. The van der Waals surface area contributed by atoms with Gasteiger partial charge in [-0.25, -0.2) is 0 Å². The number of thioether (sulfide) groups is 1. The van der Waals surface area contributed by atoms with Crippen molar-refractivity contribution in [2.24, 2.45) is 7.05 Å². The van der Waals surface area contributed by atoms with Crippen molar-refractivity contribution in [3.8, 4) is 23.2 Å². The van der Waals surface area contributed by atoms with Crippen molar-refractivity contribution >= 4 is 35.0 Å². The fourth-order valence-electron chi connectivity index (χ4n) is 2.73. The highest BCUT2D eigenvalue weighted by Crippen LogP contribution is 2.28. The Morgan fingerprint density at radius 2 is 1.93 bits per heavy atom. The summed E-state index contributed by atoms with van der Waals surface area (Å²) in [5.41, 5.74) is 2.88. The maximum Gasteiger partial charge on any atom is 0.191 e. The Hall–Kier alpha value is -2.00. The first-order chi connectivity index (χ1) is 14.1. The van der Waals surface area contributed by atoms with Gasteiger partial charge in [-0.15, -0.1) is 10.2 Å². The Balaban J connectivity index is 1.70. The number of pyridine rings is 1. The van der Waals surface area contributed by atoms with Crippen LogP contribution in [0.3, 0.4) is 0 Å². The summed E-state index contributed by atoms with van der Waals surface area (Å²) in [6, 6.07) is 7.66. The van der Waals surface area contributed by atoms with Crippen molar-refractivity contribution in [1.29, 1.82) is 0 Å². The third-order valence-corrected chi connectivity index (χ3v) is 6.15. The van der Waals surface area contributed by atoms with E-state index in [-0.39, 0.29) is 0 Å². The van der Waals surface area contributed by atoms with Crippen LogP contribution in [0.2, 0.25) is 10.0 Å². The summed E-state index contributed by atoms with van der Waals surface area (Å²) < 4.78 is 1.97. The topological polar surface area (TPSA) is 43.6 Å². The normalized spacial score (nSPS) is 10.6. The summed E-state index contributed by atoms with van der Waals surface area (Å²) >= 11 is 13.7. The smallest absolute Gasteiger partial charge is 0.191 e. The fraction of sp³-hybridized carbons (Fsp3) is 0.318. The van der Waals surface area contributed by atoms with Crippen LogP contribution in [0.25, 0.3) is 11.4 Å². The molecule has 1 aromatic carbocycles.